The molecular weight excluding hydrogens is 324 g/mol. The third-order valence-corrected chi connectivity index (χ3v) is 4.23. The van der Waals surface area contributed by atoms with Gasteiger partial charge in [0.15, 0.2) is 0 Å². The number of aryl methyl sites for hydroxylation is 1. The zero-order valence-corrected chi connectivity index (χ0v) is 14.8. The quantitative estimate of drug-likeness (QED) is 0.723. The van der Waals surface area contributed by atoms with Gasteiger partial charge in [-0.3, -0.25) is 4.79 Å². The minimum atomic E-state index is -0.847. The maximum atomic E-state index is 11.8. The lowest BCUT2D eigenvalue weighted by molar-refractivity contribution is -0.138. The highest BCUT2D eigenvalue weighted by atomic mass is 35.5. The van der Waals surface area contributed by atoms with Crippen LogP contribution in [0.3, 0.4) is 0 Å². The summed E-state index contributed by atoms with van der Waals surface area (Å²) in [4.78, 5) is 11.8. The molecule has 0 amide bonds. The monoisotopic (exact) mass is 346 g/mol. The molecular formula is C20H23ClO3. The molecule has 1 N–H and O–H groups in total. The van der Waals surface area contributed by atoms with Gasteiger partial charge in [0.05, 0.1) is 12.5 Å². The largest absolute Gasteiger partial charge is 0.493 e. The Bertz CT molecular complexity index is 680. The van der Waals surface area contributed by atoms with Gasteiger partial charge in [0.2, 0.25) is 0 Å². The van der Waals surface area contributed by atoms with Crippen LogP contribution < -0.4 is 4.74 Å². The van der Waals surface area contributed by atoms with Gasteiger partial charge in [-0.15, -0.1) is 0 Å². The highest BCUT2D eigenvalue weighted by Gasteiger charge is 2.22. The van der Waals surface area contributed by atoms with Crippen molar-refractivity contribution in [2.24, 2.45) is 0 Å². The summed E-state index contributed by atoms with van der Waals surface area (Å²) in [7, 11) is 0. The summed E-state index contributed by atoms with van der Waals surface area (Å²) in [6, 6.07) is 13.1. The molecule has 0 saturated heterocycles. The summed E-state index contributed by atoms with van der Waals surface area (Å²) in [6.45, 7) is 4.70. The lowest BCUT2D eigenvalue weighted by Gasteiger charge is -2.17. The van der Waals surface area contributed by atoms with Crippen molar-refractivity contribution < 1.29 is 14.6 Å². The van der Waals surface area contributed by atoms with Gasteiger partial charge in [0, 0.05) is 5.02 Å². The smallest absolute Gasteiger partial charge is 0.311 e. The minimum absolute atomic E-state index is 0.348. The number of carboxylic acids is 1. The van der Waals surface area contributed by atoms with Gasteiger partial charge < -0.3 is 9.84 Å². The summed E-state index contributed by atoms with van der Waals surface area (Å²) in [5.41, 5.74) is 2.81. The van der Waals surface area contributed by atoms with Crippen LogP contribution in [0.25, 0.3) is 0 Å². The fourth-order valence-electron chi connectivity index (χ4n) is 2.61. The number of halogens is 1. The fourth-order valence-corrected chi connectivity index (χ4v) is 2.81. The number of carboxylic acid groups (broad SMARTS) is 1. The molecule has 0 radical (unpaired) electrons. The Morgan fingerprint density at radius 1 is 1.17 bits per heavy atom. The molecule has 2 aromatic rings. The average molecular weight is 347 g/mol. The third kappa shape index (κ3) is 4.75. The van der Waals surface area contributed by atoms with Crippen LogP contribution in [0, 0.1) is 0 Å². The van der Waals surface area contributed by atoms with E-state index in [2.05, 4.69) is 6.92 Å². The summed E-state index contributed by atoms with van der Waals surface area (Å²) >= 11 is 6.10. The molecule has 0 saturated carbocycles. The van der Waals surface area contributed by atoms with E-state index in [4.69, 9.17) is 16.3 Å². The highest BCUT2D eigenvalue weighted by molar-refractivity contribution is 6.30. The van der Waals surface area contributed by atoms with E-state index in [9.17, 15) is 9.90 Å². The van der Waals surface area contributed by atoms with E-state index >= 15 is 0 Å². The molecule has 0 fully saturated rings. The number of benzene rings is 2. The Morgan fingerprint density at radius 2 is 1.88 bits per heavy atom. The van der Waals surface area contributed by atoms with Crippen molar-refractivity contribution >= 4 is 17.6 Å². The van der Waals surface area contributed by atoms with Gasteiger partial charge in [0.1, 0.15) is 5.75 Å². The van der Waals surface area contributed by atoms with E-state index in [0.29, 0.717) is 23.8 Å². The normalized spacial score (nSPS) is 12.0. The number of hydrogen-bond donors (Lipinski definition) is 1. The van der Waals surface area contributed by atoms with E-state index in [1.54, 1.807) is 12.1 Å². The Hall–Kier alpha value is -2.00. The second-order valence-electron chi connectivity index (χ2n) is 5.79. The van der Waals surface area contributed by atoms with Crippen LogP contribution in [0.15, 0.2) is 42.5 Å². The van der Waals surface area contributed by atoms with E-state index in [-0.39, 0.29) is 0 Å². The zero-order valence-electron chi connectivity index (χ0n) is 14.1. The molecule has 0 aliphatic rings. The average Bonchev–Trinajstić information content (AvgIpc) is 2.58. The van der Waals surface area contributed by atoms with Crippen LogP contribution in [-0.4, -0.2) is 17.7 Å². The topological polar surface area (TPSA) is 46.5 Å². The van der Waals surface area contributed by atoms with E-state index < -0.39 is 11.9 Å². The Balaban J connectivity index is 2.29. The molecule has 0 aliphatic heterocycles. The molecule has 1 unspecified atom stereocenters. The van der Waals surface area contributed by atoms with E-state index in [1.807, 2.05) is 37.3 Å². The number of ether oxygens (including phenoxy) is 1. The zero-order chi connectivity index (χ0) is 17.5. The number of carbonyl (C=O) groups is 1. The van der Waals surface area contributed by atoms with Crippen LogP contribution in [-0.2, 0) is 17.6 Å². The van der Waals surface area contributed by atoms with Crippen molar-refractivity contribution in [3.63, 3.8) is 0 Å². The molecule has 0 spiro atoms. The third-order valence-electron chi connectivity index (χ3n) is 4.00. The maximum Gasteiger partial charge on any atom is 0.311 e. The van der Waals surface area contributed by atoms with Crippen LogP contribution in [0.2, 0.25) is 5.02 Å². The molecule has 0 aromatic heterocycles. The molecule has 24 heavy (non-hydrogen) atoms. The first-order chi connectivity index (χ1) is 11.5. The molecule has 1 atom stereocenters. The summed E-state index contributed by atoms with van der Waals surface area (Å²) in [5, 5.41) is 10.3. The first kappa shape index (κ1) is 18.3. The molecule has 2 aromatic carbocycles. The summed E-state index contributed by atoms with van der Waals surface area (Å²) < 4.78 is 5.74. The fraction of sp³-hybridized carbons (Fsp3) is 0.350. The van der Waals surface area contributed by atoms with E-state index in [0.717, 1.165) is 24.0 Å². The minimum Gasteiger partial charge on any atom is -0.493 e. The molecule has 3 nitrogen and oxygen atoms in total. The van der Waals surface area contributed by atoms with Crippen molar-refractivity contribution in [2.75, 3.05) is 6.61 Å². The predicted octanol–water partition coefficient (Wildman–Crippen LogP) is 5.10. The van der Waals surface area contributed by atoms with E-state index in [1.165, 1.54) is 5.56 Å². The van der Waals surface area contributed by atoms with Crippen molar-refractivity contribution in [1.82, 2.24) is 0 Å². The van der Waals surface area contributed by atoms with Gasteiger partial charge in [-0.1, -0.05) is 49.7 Å². The Kier molecular flexibility index (Phi) is 6.68. The Morgan fingerprint density at radius 3 is 2.46 bits per heavy atom. The predicted molar refractivity (Wildman–Crippen MR) is 97.1 cm³/mol. The molecule has 2 rings (SSSR count). The molecule has 0 bridgehead atoms. The number of rotatable bonds is 8. The molecule has 128 valence electrons. The lowest BCUT2D eigenvalue weighted by Crippen LogP contribution is -2.15. The second-order valence-corrected chi connectivity index (χ2v) is 6.23. The van der Waals surface area contributed by atoms with Crippen LogP contribution in [0.4, 0.5) is 0 Å². The number of hydrogen-bond acceptors (Lipinski definition) is 2. The van der Waals surface area contributed by atoms with Gasteiger partial charge in [-0.2, -0.15) is 0 Å². The molecule has 4 heteroatoms. The lowest BCUT2D eigenvalue weighted by atomic mass is 9.91. The first-order valence-electron chi connectivity index (χ1n) is 8.28. The maximum absolute atomic E-state index is 11.8. The van der Waals surface area contributed by atoms with Crippen molar-refractivity contribution in [3.05, 3.63) is 64.2 Å². The first-order valence-corrected chi connectivity index (χ1v) is 8.65. The van der Waals surface area contributed by atoms with Crippen molar-refractivity contribution in [3.8, 4) is 5.75 Å². The van der Waals surface area contributed by atoms with Crippen LogP contribution in [0.5, 0.6) is 5.75 Å². The van der Waals surface area contributed by atoms with Gasteiger partial charge >= 0.3 is 5.97 Å². The van der Waals surface area contributed by atoms with Gasteiger partial charge in [-0.05, 0) is 54.2 Å². The van der Waals surface area contributed by atoms with Crippen LogP contribution in [0.1, 0.15) is 42.9 Å². The highest BCUT2D eigenvalue weighted by Crippen LogP contribution is 2.30. The van der Waals surface area contributed by atoms with Gasteiger partial charge in [-0.25, -0.2) is 0 Å². The number of aliphatic carboxylic acids is 1. The second kappa shape index (κ2) is 8.74. The summed E-state index contributed by atoms with van der Waals surface area (Å²) in [5.74, 6) is -0.767. The molecule has 0 aliphatic carbocycles. The van der Waals surface area contributed by atoms with Crippen molar-refractivity contribution in [1.29, 1.82) is 0 Å². The van der Waals surface area contributed by atoms with Crippen LogP contribution >= 0.6 is 11.6 Å². The standard InChI is InChI=1S/C20H23ClO3/c1-3-11-24-19-10-9-17(21)12-16(19)13-18(20(22)23)15-7-5-14(4-2)6-8-15/h5-10,12,18H,3-4,11,13H2,1-2H3,(H,22,23). The SMILES string of the molecule is CCCOc1ccc(Cl)cc1CC(C(=O)O)c1ccc(CC)cc1. The summed E-state index contributed by atoms with van der Waals surface area (Å²) in [6.07, 6.45) is 2.17. The molecule has 0 heterocycles. The Labute approximate surface area is 148 Å². The van der Waals surface area contributed by atoms with Gasteiger partial charge in [0.25, 0.3) is 0 Å². The van der Waals surface area contributed by atoms with Crippen molar-refractivity contribution in [2.45, 2.75) is 39.0 Å².